The lowest BCUT2D eigenvalue weighted by atomic mass is 10.0. The number of hydrogen-bond donors (Lipinski definition) is 1. The molecule has 132 valence electrons. The summed E-state index contributed by atoms with van der Waals surface area (Å²) in [6, 6.07) is 4.87. The minimum absolute atomic E-state index is 0.0645. The predicted octanol–water partition coefficient (Wildman–Crippen LogP) is 2.95. The summed E-state index contributed by atoms with van der Waals surface area (Å²) in [4.78, 5) is 16.7. The van der Waals surface area contributed by atoms with Crippen molar-refractivity contribution in [2.75, 3.05) is 26.7 Å². The fraction of sp³-hybridized carbons (Fsp3) is 0.611. The smallest absolute Gasteiger partial charge is 0.317 e. The highest BCUT2D eigenvalue weighted by Crippen LogP contribution is 2.28. The molecule has 0 spiro atoms. The van der Waals surface area contributed by atoms with Crippen LogP contribution in [-0.2, 0) is 0 Å². The van der Waals surface area contributed by atoms with Crippen molar-refractivity contribution in [3.8, 4) is 0 Å². The molecule has 0 aromatic heterocycles. The van der Waals surface area contributed by atoms with Crippen molar-refractivity contribution in [2.24, 2.45) is 0 Å². The Morgan fingerprint density at radius 1 is 1.25 bits per heavy atom. The molecule has 2 aliphatic rings. The average Bonchev–Trinajstić information content (AvgIpc) is 2.80. The third-order valence-electron chi connectivity index (χ3n) is 5.51. The van der Waals surface area contributed by atoms with Gasteiger partial charge in [0.2, 0.25) is 0 Å². The van der Waals surface area contributed by atoms with Crippen molar-refractivity contribution in [3.05, 3.63) is 35.4 Å². The van der Waals surface area contributed by atoms with E-state index in [0.29, 0.717) is 24.2 Å². The second kappa shape index (κ2) is 7.05. The van der Waals surface area contributed by atoms with Gasteiger partial charge in [0.15, 0.2) is 11.6 Å². The first kappa shape index (κ1) is 17.1. The summed E-state index contributed by atoms with van der Waals surface area (Å²) in [6.45, 7) is 3.84. The Morgan fingerprint density at radius 2 is 2.00 bits per heavy atom. The average molecular weight is 337 g/mol. The largest absolute Gasteiger partial charge is 0.337 e. The van der Waals surface area contributed by atoms with Crippen LogP contribution in [0.3, 0.4) is 0 Å². The minimum atomic E-state index is -0.850. The van der Waals surface area contributed by atoms with Crippen molar-refractivity contribution < 1.29 is 13.6 Å². The van der Waals surface area contributed by atoms with Gasteiger partial charge < -0.3 is 10.2 Å². The highest BCUT2D eigenvalue weighted by Gasteiger charge is 2.35. The lowest BCUT2D eigenvalue weighted by molar-refractivity contribution is 0.188. The quantitative estimate of drug-likeness (QED) is 0.920. The van der Waals surface area contributed by atoms with Gasteiger partial charge in [0.05, 0.1) is 0 Å². The molecule has 0 unspecified atom stereocenters. The van der Waals surface area contributed by atoms with Gasteiger partial charge in [0.1, 0.15) is 0 Å². The summed E-state index contributed by atoms with van der Waals surface area (Å²) >= 11 is 0. The fourth-order valence-electron chi connectivity index (χ4n) is 3.78. The van der Waals surface area contributed by atoms with E-state index in [2.05, 4.69) is 17.3 Å². The van der Waals surface area contributed by atoms with Crippen molar-refractivity contribution in [1.82, 2.24) is 15.1 Å². The summed E-state index contributed by atoms with van der Waals surface area (Å²) in [5, 5.41) is 2.94. The Kier molecular flexibility index (Phi) is 5.04. The van der Waals surface area contributed by atoms with E-state index in [1.165, 1.54) is 12.5 Å². The van der Waals surface area contributed by atoms with E-state index in [-0.39, 0.29) is 11.9 Å². The van der Waals surface area contributed by atoms with E-state index in [1.54, 1.807) is 6.07 Å². The number of urea groups is 1. The number of nitrogens with one attached hydrogen (secondary N) is 1. The molecule has 1 aromatic carbocycles. The molecule has 6 heteroatoms. The van der Waals surface area contributed by atoms with Crippen LogP contribution in [0, 0.1) is 11.6 Å². The van der Waals surface area contributed by atoms with Gasteiger partial charge >= 0.3 is 6.03 Å². The van der Waals surface area contributed by atoms with Crippen LogP contribution in [-0.4, -0.2) is 54.6 Å². The SMILES string of the molecule is C[C@@H](CNC(=O)N1CC[C@H]2CC[C@@H](C1)N2C)c1ccc(F)c(F)c1. The van der Waals surface area contributed by atoms with Crippen molar-refractivity contribution in [3.63, 3.8) is 0 Å². The molecule has 3 atom stereocenters. The first-order valence-electron chi connectivity index (χ1n) is 8.65. The first-order chi connectivity index (χ1) is 11.5. The molecule has 1 aromatic rings. The molecule has 2 heterocycles. The standard InChI is InChI=1S/C18H25F2N3O/c1-12(13-3-6-16(19)17(20)9-13)10-21-18(24)23-8-7-14-4-5-15(11-23)22(14)2/h3,6,9,12,14-15H,4-5,7-8,10-11H2,1-2H3,(H,21,24)/t12-,14+,15-/m0/s1. The van der Waals surface area contributed by atoms with Gasteiger partial charge in [-0.1, -0.05) is 13.0 Å². The number of carbonyl (C=O) groups excluding carboxylic acids is 1. The second-order valence-corrected chi connectivity index (χ2v) is 7.05. The molecule has 2 amide bonds. The summed E-state index contributed by atoms with van der Waals surface area (Å²) in [6.07, 6.45) is 3.39. The number of hydrogen-bond acceptors (Lipinski definition) is 2. The molecule has 0 radical (unpaired) electrons. The van der Waals surface area contributed by atoms with E-state index in [4.69, 9.17) is 0 Å². The van der Waals surface area contributed by atoms with Gasteiger partial charge in [-0.3, -0.25) is 4.90 Å². The zero-order chi connectivity index (χ0) is 17.3. The highest BCUT2D eigenvalue weighted by atomic mass is 19.2. The monoisotopic (exact) mass is 337 g/mol. The van der Waals surface area contributed by atoms with Crippen LogP contribution in [0.2, 0.25) is 0 Å². The number of fused-ring (bicyclic) bond motifs is 2. The molecular formula is C18H25F2N3O. The number of rotatable bonds is 3. The lowest BCUT2D eigenvalue weighted by Crippen LogP contribution is -2.45. The first-order valence-corrected chi connectivity index (χ1v) is 8.65. The molecule has 4 nitrogen and oxygen atoms in total. The number of carbonyl (C=O) groups is 1. The maximum Gasteiger partial charge on any atom is 0.317 e. The predicted molar refractivity (Wildman–Crippen MR) is 88.9 cm³/mol. The third-order valence-corrected chi connectivity index (χ3v) is 5.51. The van der Waals surface area contributed by atoms with Gasteiger partial charge in [0, 0.05) is 31.7 Å². The van der Waals surface area contributed by atoms with Crippen LogP contribution in [0.5, 0.6) is 0 Å². The van der Waals surface area contributed by atoms with E-state index in [1.807, 2.05) is 11.8 Å². The zero-order valence-electron chi connectivity index (χ0n) is 14.3. The van der Waals surface area contributed by atoms with Gasteiger partial charge in [0.25, 0.3) is 0 Å². The molecule has 2 bridgehead atoms. The molecular weight excluding hydrogens is 312 g/mol. The van der Waals surface area contributed by atoms with Crippen LogP contribution in [0.25, 0.3) is 0 Å². The Morgan fingerprint density at radius 3 is 2.75 bits per heavy atom. The minimum Gasteiger partial charge on any atom is -0.337 e. The van der Waals surface area contributed by atoms with E-state index >= 15 is 0 Å². The van der Waals surface area contributed by atoms with Crippen molar-refractivity contribution in [2.45, 2.75) is 44.2 Å². The zero-order valence-corrected chi connectivity index (χ0v) is 14.3. The van der Waals surface area contributed by atoms with Gasteiger partial charge in [-0.15, -0.1) is 0 Å². The number of likely N-dealkylation sites (tertiary alicyclic amines) is 1. The topological polar surface area (TPSA) is 35.6 Å². The van der Waals surface area contributed by atoms with Crippen LogP contribution in [0.1, 0.15) is 37.7 Å². The Hall–Kier alpha value is -1.69. The van der Waals surface area contributed by atoms with Crippen LogP contribution in [0.15, 0.2) is 18.2 Å². The number of likely N-dealkylation sites (N-methyl/N-ethyl adjacent to an activating group) is 1. The molecule has 0 saturated carbocycles. The number of amides is 2. The summed E-state index contributed by atoms with van der Waals surface area (Å²) in [5.41, 5.74) is 0.684. The second-order valence-electron chi connectivity index (χ2n) is 7.05. The molecule has 2 aliphatic heterocycles. The number of halogens is 2. The van der Waals surface area contributed by atoms with E-state index in [9.17, 15) is 13.6 Å². The van der Waals surface area contributed by atoms with Crippen LogP contribution in [0.4, 0.5) is 13.6 Å². The Bertz CT molecular complexity index is 610. The highest BCUT2D eigenvalue weighted by molar-refractivity contribution is 5.74. The Labute approximate surface area is 141 Å². The van der Waals surface area contributed by atoms with Crippen molar-refractivity contribution >= 4 is 6.03 Å². The molecule has 0 aliphatic carbocycles. The lowest BCUT2D eigenvalue weighted by Gasteiger charge is -2.26. The van der Waals surface area contributed by atoms with E-state index < -0.39 is 11.6 Å². The number of benzene rings is 1. The van der Waals surface area contributed by atoms with Crippen LogP contribution < -0.4 is 5.32 Å². The Balaban J connectivity index is 1.54. The normalized spacial score (nSPS) is 25.4. The summed E-state index contributed by atoms with van der Waals surface area (Å²) in [5.74, 6) is -1.77. The third kappa shape index (κ3) is 3.53. The molecule has 24 heavy (non-hydrogen) atoms. The van der Waals surface area contributed by atoms with Gasteiger partial charge in [-0.2, -0.15) is 0 Å². The molecule has 2 fully saturated rings. The van der Waals surface area contributed by atoms with Crippen molar-refractivity contribution in [1.29, 1.82) is 0 Å². The molecule has 2 saturated heterocycles. The van der Waals surface area contributed by atoms with Crippen LogP contribution >= 0.6 is 0 Å². The molecule has 1 N–H and O–H groups in total. The summed E-state index contributed by atoms with van der Waals surface area (Å²) in [7, 11) is 2.15. The summed E-state index contributed by atoms with van der Waals surface area (Å²) < 4.78 is 26.3. The number of nitrogens with zero attached hydrogens (tertiary/aromatic N) is 2. The van der Waals surface area contributed by atoms with Gasteiger partial charge in [-0.25, -0.2) is 13.6 Å². The maximum absolute atomic E-state index is 13.3. The van der Waals surface area contributed by atoms with Gasteiger partial charge in [-0.05, 0) is 49.9 Å². The molecule has 3 rings (SSSR count). The maximum atomic E-state index is 13.3. The fourth-order valence-corrected chi connectivity index (χ4v) is 3.78. The van der Waals surface area contributed by atoms with E-state index in [0.717, 1.165) is 32.0 Å².